The number of unbranched alkanes of at least 4 members (excludes halogenated alkanes) is 6. The maximum absolute atomic E-state index is 5.97. The number of benzene rings is 1. The van der Waals surface area contributed by atoms with Crippen LogP contribution in [-0.2, 0) is 0 Å². The Morgan fingerprint density at radius 1 is 0.735 bits per heavy atom. The summed E-state index contributed by atoms with van der Waals surface area (Å²) >= 11 is 1.54. The van der Waals surface area contributed by atoms with Crippen LogP contribution in [0.4, 0.5) is 0 Å². The van der Waals surface area contributed by atoms with E-state index in [1.807, 2.05) is 12.1 Å². The van der Waals surface area contributed by atoms with Gasteiger partial charge in [-0.25, -0.2) is 0 Å². The molecule has 1 saturated carbocycles. The van der Waals surface area contributed by atoms with Crippen molar-refractivity contribution in [1.29, 1.82) is 0 Å². The smallest absolute Gasteiger partial charge is 0.294 e. The van der Waals surface area contributed by atoms with E-state index >= 15 is 0 Å². The summed E-state index contributed by atoms with van der Waals surface area (Å²) in [5.74, 6) is 2.77. The number of hydrogen-bond donors (Lipinski definition) is 0. The van der Waals surface area contributed by atoms with Gasteiger partial charge < -0.3 is 9.47 Å². The molecule has 0 radical (unpaired) electrons. The number of ether oxygens (including phenoxy) is 2. The van der Waals surface area contributed by atoms with Crippen molar-refractivity contribution in [3.05, 3.63) is 24.3 Å². The van der Waals surface area contributed by atoms with Gasteiger partial charge in [0.2, 0.25) is 0 Å². The molecule has 0 amide bonds. The predicted octanol–water partition coefficient (Wildman–Crippen LogP) is 9.10. The van der Waals surface area contributed by atoms with Gasteiger partial charge in [0, 0.05) is 5.56 Å². The standard InChI is InChI=1S/C29H46N2O2S/c1-3-5-7-8-12-22-32-27-20-18-26(19-21-27)28-30-31-29(34-28)33-23-13-17-25-16-11-10-15-24(25)14-9-6-4-2/h18-21,24-25H,3-17,22-23H2,1-2H3. The van der Waals surface area contributed by atoms with Gasteiger partial charge in [0.25, 0.3) is 5.19 Å². The zero-order chi connectivity index (χ0) is 23.8. The highest BCUT2D eigenvalue weighted by Gasteiger charge is 2.24. The summed E-state index contributed by atoms with van der Waals surface area (Å²) in [6.45, 7) is 6.08. The number of hydrogen-bond acceptors (Lipinski definition) is 5. The summed E-state index contributed by atoms with van der Waals surface area (Å²) in [5.41, 5.74) is 1.07. The first-order valence-electron chi connectivity index (χ1n) is 14.0. The maximum atomic E-state index is 5.97. The van der Waals surface area contributed by atoms with Crippen LogP contribution < -0.4 is 9.47 Å². The molecule has 34 heavy (non-hydrogen) atoms. The van der Waals surface area contributed by atoms with Gasteiger partial charge in [0.05, 0.1) is 13.2 Å². The quantitative estimate of drug-likeness (QED) is 0.209. The van der Waals surface area contributed by atoms with Crippen molar-refractivity contribution < 1.29 is 9.47 Å². The largest absolute Gasteiger partial charge is 0.494 e. The minimum Gasteiger partial charge on any atom is -0.494 e. The summed E-state index contributed by atoms with van der Waals surface area (Å²) in [6, 6.07) is 8.20. The molecule has 0 aliphatic heterocycles. The summed E-state index contributed by atoms with van der Waals surface area (Å²) < 4.78 is 11.8. The van der Waals surface area contributed by atoms with Crippen LogP contribution in [0.1, 0.15) is 110 Å². The lowest BCUT2D eigenvalue weighted by molar-refractivity contribution is 0.190. The average molecular weight is 487 g/mol. The first-order chi connectivity index (χ1) is 16.8. The Morgan fingerprint density at radius 3 is 2.12 bits per heavy atom. The number of aromatic nitrogens is 2. The van der Waals surface area contributed by atoms with Gasteiger partial charge in [-0.05, 0) is 55.4 Å². The summed E-state index contributed by atoms with van der Waals surface area (Å²) in [6.07, 6.45) is 20.0. The van der Waals surface area contributed by atoms with Crippen molar-refractivity contribution in [2.75, 3.05) is 13.2 Å². The lowest BCUT2D eigenvalue weighted by Crippen LogP contribution is -2.20. The minimum atomic E-state index is 0.686. The van der Waals surface area contributed by atoms with Crippen LogP contribution in [0.15, 0.2) is 24.3 Å². The van der Waals surface area contributed by atoms with E-state index in [-0.39, 0.29) is 0 Å². The Labute approximate surface area is 211 Å². The highest BCUT2D eigenvalue weighted by molar-refractivity contribution is 7.16. The fraction of sp³-hybridized carbons (Fsp3) is 0.724. The zero-order valence-electron chi connectivity index (χ0n) is 21.6. The Balaban J connectivity index is 1.35. The summed E-state index contributed by atoms with van der Waals surface area (Å²) in [7, 11) is 0. The lowest BCUT2D eigenvalue weighted by atomic mass is 9.74. The van der Waals surface area contributed by atoms with E-state index in [1.54, 1.807) is 0 Å². The Morgan fingerprint density at radius 2 is 1.38 bits per heavy atom. The molecule has 1 aromatic heterocycles. The van der Waals surface area contributed by atoms with Crippen molar-refractivity contribution in [3.8, 4) is 21.5 Å². The Hall–Kier alpha value is -1.62. The SMILES string of the molecule is CCCCCCCOc1ccc(-c2nnc(OCCCC3CCCCC3CCCCC)s2)cc1. The molecule has 3 rings (SSSR count). The average Bonchev–Trinajstić information content (AvgIpc) is 3.34. The highest BCUT2D eigenvalue weighted by atomic mass is 32.1. The molecule has 0 N–H and O–H groups in total. The Kier molecular flexibility index (Phi) is 12.8. The second-order valence-electron chi connectivity index (χ2n) is 9.95. The second kappa shape index (κ2) is 16.1. The fourth-order valence-corrected chi connectivity index (χ4v) is 5.91. The van der Waals surface area contributed by atoms with Crippen LogP contribution in [-0.4, -0.2) is 23.4 Å². The molecule has 2 aromatic rings. The molecule has 190 valence electrons. The molecule has 0 spiro atoms. The van der Waals surface area contributed by atoms with E-state index in [4.69, 9.17) is 9.47 Å². The lowest BCUT2D eigenvalue weighted by Gasteiger charge is -2.31. The molecule has 1 aromatic carbocycles. The molecular weight excluding hydrogens is 440 g/mol. The van der Waals surface area contributed by atoms with Gasteiger partial charge in [-0.3, -0.25) is 0 Å². The third-order valence-electron chi connectivity index (χ3n) is 7.21. The van der Waals surface area contributed by atoms with E-state index < -0.39 is 0 Å². The van der Waals surface area contributed by atoms with Gasteiger partial charge in [-0.1, -0.05) is 107 Å². The predicted molar refractivity (Wildman–Crippen MR) is 144 cm³/mol. The monoisotopic (exact) mass is 486 g/mol. The topological polar surface area (TPSA) is 44.2 Å². The normalized spacial score (nSPS) is 18.2. The fourth-order valence-electron chi connectivity index (χ4n) is 5.18. The molecule has 4 nitrogen and oxygen atoms in total. The van der Waals surface area contributed by atoms with E-state index in [0.717, 1.165) is 54.2 Å². The first-order valence-corrected chi connectivity index (χ1v) is 14.8. The first kappa shape index (κ1) is 27.0. The van der Waals surface area contributed by atoms with Gasteiger partial charge in [0.15, 0.2) is 5.01 Å². The second-order valence-corrected chi connectivity index (χ2v) is 10.9. The van der Waals surface area contributed by atoms with Crippen molar-refractivity contribution >= 4 is 11.3 Å². The molecule has 1 fully saturated rings. The van der Waals surface area contributed by atoms with Crippen LogP contribution >= 0.6 is 11.3 Å². The van der Waals surface area contributed by atoms with Gasteiger partial charge in [-0.2, -0.15) is 0 Å². The minimum absolute atomic E-state index is 0.686. The van der Waals surface area contributed by atoms with Gasteiger partial charge >= 0.3 is 0 Å². The number of nitrogens with zero attached hydrogens (tertiary/aromatic N) is 2. The van der Waals surface area contributed by atoms with Crippen molar-refractivity contribution in [2.45, 2.75) is 110 Å². The van der Waals surface area contributed by atoms with Crippen molar-refractivity contribution in [2.24, 2.45) is 11.8 Å². The maximum Gasteiger partial charge on any atom is 0.294 e. The van der Waals surface area contributed by atoms with E-state index in [0.29, 0.717) is 5.19 Å². The molecule has 0 bridgehead atoms. The molecule has 0 saturated heterocycles. The van der Waals surface area contributed by atoms with Crippen LogP contribution in [0, 0.1) is 11.8 Å². The van der Waals surface area contributed by atoms with Crippen LogP contribution in [0.5, 0.6) is 10.9 Å². The van der Waals surface area contributed by atoms with Crippen molar-refractivity contribution in [1.82, 2.24) is 10.2 Å². The van der Waals surface area contributed by atoms with Gasteiger partial charge in [-0.15, -0.1) is 5.10 Å². The van der Waals surface area contributed by atoms with Crippen LogP contribution in [0.3, 0.4) is 0 Å². The van der Waals surface area contributed by atoms with Crippen LogP contribution in [0.2, 0.25) is 0 Å². The molecule has 2 unspecified atom stereocenters. The van der Waals surface area contributed by atoms with E-state index in [2.05, 4.69) is 36.2 Å². The Bertz CT molecular complexity index is 777. The molecule has 1 aliphatic carbocycles. The van der Waals surface area contributed by atoms with Crippen LogP contribution in [0.25, 0.3) is 10.6 Å². The summed E-state index contributed by atoms with van der Waals surface area (Å²) in [4.78, 5) is 0. The molecule has 2 atom stereocenters. The van der Waals surface area contributed by atoms with Crippen molar-refractivity contribution in [3.63, 3.8) is 0 Å². The molecular formula is C29H46N2O2S. The molecule has 1 heterocycles. The number of rotatable bonds is 17. The third-order valence-corrected chi connectivity index (χ3v) is 8.10. The third kappa shape index (κ3) is 9.56. The molecule has 5 heteroatoms. The van der Waals surface area contributed by atoms with E-state index in [9.17, 15) is 0 Å². The molecule has 1 aliphatic rings. The highest BCUT2D eigenvalue weighted by Crippen LogP contribution is 2.36. The van der Waals surface area contributed by atoms with Gasteiger partial charge in [0.1, 0.15) is 5.75 Å². The zero-order valence-corrected chi connectivity index (χ0v) is 22.4. The van der Waals surface area contributed by atoms with E-state index in [1.165, 1.54) is 94.8 Å². The summed E-state index contributed by atoms with van der Waals surface area (Å²) in [5, 5.41) is 10.2.